The van der Waals surface area contributed by atoms with Crippen molar-refractivity contribution in [2.45, 2.75) is 31.4 Å². The van der Waals surface area contributed by atoms with Gasteiger partial charge in [-0.2, -0.15) is 30.7 Å². The van der Waals surface area contributed by atoms with Gasteiger partial charge in [-0.1, -0.05) is 6.58 Å². The van der Waals surface area contributed by atoms with Gasteiger partial charge in [-0.3, -0.25) is 4.74 Å². The highest BCUT2D eigenvalue weighted by Crippen LogP contribution is 2.47. The molecule has 0 aromatic carbocycles. The lowest BCUT2D eigenvalue weighted by Crippen LogP contribution is -2.56. The average Bonchev–Trinajstić information content (AvgIpc) is 2.13. The van der Waals surface area contributed by atoms with Crippen LogP contribution in [0.1, 0.15) is 6.92 Å². The first-order valence-electron chi connectivity index (χ1n) is 4.18. The predicted molar refractivity (Wildman–Crippen MR) is 42.8 cm³/mol. The van der Waals surface area contributed by atoms with Crippen molar-refractivity contribution < 1.29 is 45.0 Å². The van der Waals surface area contributed by atoms with E-state index >= 15 is 0 Å². The molecule has 18 heavy (non-hydrogen) atoms. The van der Waals surface area contributed by atoms with Crippen LogP contribution in [0.4, 0.5) is 30.7 Å². The third-order valence-electron chi connectivity index (χ3n) is 1.51. The van der Waals surface area contributed by atoms with Crippen molar-refractivity contribution in [3.8, 4) is 0 Å². The quantitative estimate of drug-likeness (QED) is 0.344. The molecule has 10 heteroatoms. The van der Waals surface area contributed by atoms with Gasteiger partial charge in [0.25, 0.3) is 0 Å². The Morgan fingerprint density at radius 1 is 1.11 bits per heavy atom. The van der Waals surface area contributed by atoms with Crippen LogP contribution >= 0.6 is 0 Å². The Kier molecular flexibility index (Phi) is 4.75. The van der Waals surface area contributed by atoms with Gasteiger partial charge in [-0.15, -0.1) is 0 Å². The van der Waals surface area contributed by atoms with Crippen LogP contribution in [0.3, 0.4) is 0 Å². The second-order valence-corrected chi connectivity index (χ2v) is 2.92. The Labute approximate surface area is 96.2 Å². The first kappa shape index (κ1) is 16.7. The molecule has 106 valence electrons. The zero-order valence-corrected chi connectivity index (χ0v) is 8.73. The summed E-state index contributed by atoms with van der Waals surface area (Å²) in [6.07, 6.45) is -14.7. The van der Waals surface area contributed by atoms with E-state index in [-0.39, 0.29) is 0 Å². The van der Waals surface area contributed by atoms with Crippen LogP contribution in [0.5, 0.6) is 0 Å². The maximum absolute atomic E-state index is 12.9. The van der Waals surface area contributed by atoms with Gasteiger partial charge in [0.2, 0.25) is 6.29 Å². The summed E-state index contributed by atoms with van der Waals surface area (Å²) in [5.41, 5.74) is 0. The van der Waals surface area contributed by atoms with Crippen LogP contribution < -0.4 is 0 Å². The Hall–Kier alpha value is -1.32. The summed E-state index contributed by atoms with van der Waals surface area (Å²) < 4.78 is 91.9. The van der Waals surface area contributed by atoms with E-state index in [0.717, 1.165) is 0 Å². The molecule has 0 aliphatic rings. The summed E-state index contributed by atoms with van der Waals surface area (Å²) in [7, 11) is 0. The fraction of sp³-hybridized carbons (Fsp3) is 0.625. The van der Waals surface area contributed by atoms with Gasteiger partial charge < -0.3 is 4.74 Å². The fourth-order valence-corrected chi connectivity index (χ4v) is 0.759. The van der Waals surface area contributed by atoms with Crippen molar-refractivity contribution >= 4 is 5.97 Å². The SMILES string of the molecule is C=CC(=O)OC(C)OC(F)(C(F)(F)F)C(F)(F)F. The summed E-state index contributed by atoms with van der Waals surface area (Å²) in [6, 6.07) is 0. The fourth-order valence-electron chi connectivity index (χ4n) is 0.759. The highest BCUT2D eigenvalue weighted by molar-refractivity contribution is 5.81. The van der Waals surface area contributed by atoms with Crippen molar-refractivity contribution in [2.75, 3.05) is 0 Å². The Balaban J connectivity index is 5.05. The average molecular weight is 284 g/mol. The molecule has 1 atom stereocenters. The van der Waals surface area contributed by atoms with Gasteiger partial charge in [-0.25, -0.2) is 4.79 Å². The van der Waals surface area contributed by atoms with Gasteiger partial charge in [0.1, 0.15) is 0 Å². The molecule has 3 nitrogen and oxygen atoms in total. The highest BCUT2D eigenvalue weighted by Gasteiger charge is 2.75. The maximum atomic E-state index is 12.9. The third kappa shape index (κ3) is 3.59. The minimum Gasteiger partial charge on any atom is -0.433 e. The summed E-state index contributed by atoms with van der Waals surface area (Å²) >= 11 is 0. The first-order valence-corrected chi connectivity index (χ1v) is 4.18. The normalized spacial score (nSPS) is 15.1. The van der Waals surface area contributed by atoms with Gasteiger partial charge >= 0.3 is 24.2 Å². The Bertz CT molecular complexity index is 306. The first-order chi connectivity index (χ1) is 7.85. The van der Waals surface area contributed by atoms with Crippen molar-refractivity contribution in [3.05, 3.63) is 12.7 Å². The molecule has 0 spiro atoms. The van der Waals surface area contributed by atoms with Crippen molar-refractivity contribution in [2.24, 2.45) is 0 Å². The topological polar surface area (TPSA) is 35.5 Å². The van der Waals surface area contributed by atoms with Crippen LogP contribution in [0, 0.1) is 0 Å². The number of hydrogen-bond donors (Lipinski definition) is 0. The van der Waals surface area contributed by atoms with Crippen LogP contribution in [0.25, 0.3) is 0 Å². The number of carbonyl (C=O) groups excluding carboxylic acids is 1. The zero-order valence-electron chi connectivity index (χ0n) is 8.73. The van der Waals surface area contributed by atoms with E-state index < -0.39 is 30.5 Å². The number of alkyl halides is 7. The molecule has 0 aromatic heterocycles. The standard InChI is InChI=1S/C8H7F7O3/c1-3-5(16)17-4(2)18-6(9,7(10,11)12)8(13,14)15/h3-4H,1H2,2H3. The number of hydrogen-bond acceptors (Lipinski definition) is 3. The van der Waals surface area contributed by atoms with Gasteiger partial charge in [0.05, 0.1) is 0 Å². The Morgan fingerprint density at radius 3 is 1.78 bits per heavy atom. The van der Waals surface area contributed by atoms with Gasteiger partial charge in [-0.05, 0) is 6.92 Å². The molecule has 0 aliphatic carbocycles. The molecule has 0 heterocycles. The van der Waals surface area contributed by atoms with Gasteiger partial charge in [0.15, 0.2) is 0 Å². The zero-order chi connectivity index (χ0) is 14.8. The highest BCUT2D eigenvalue weighted by atomic mass is 19.4. The minimum absolute atomic E-state index is 0.459. The van der Waals surface area contributed by atoms with Crippen LogP contribution in [0.2, 0.25) is 0 Å². The minimum atomic E-state index is -6.37. The molecule has 0 amide bonds. The maximum Gasteiger partial charge on any atom is 0.458 e. The molecule has 0 aliphatic heterocycles. The van der Waals surface area contributed by atoms with E-state index in [0.29, 0.717) is 13.0 Å². The monoisotopic (exact) mass is 284 g/mol. The summed E-state index contributed by atoms with van der Waals surface area (Å²) in [5.74, 6) is -7.30. The molecular formula is C8H7F7O3. The molecule has 1 unspecified atom stereocenters. The summed E-state index contributed by atoms with van der Waals surface area (Å²) in [6.45, 7) is 3.33. The lowest BCUT2D eigenvalue weighted by molar-refractivity contribution is -0.450. The van der Waals surface area contributed by atoms with Crippen molar-refractivity contribution in [3.63, 3.8) is 0 Å². The van der Waals surface area contributed by atoms with E-state index in [1.807, 2.05) is 0 Å². The van der Waals surface area contributed by atoms with Crippen molar-refractivity contribution in [1.82, 2.24) is 0 Å². The smallest absolute Gasteiger partial charge is 0.433 e. The molecule has 0 aromatic rings. The lowest BCUT2D eigenvalue weighted by atomic mass is 10.3. The van der Waals surface area contributed by atoms with E-state index in [1.54, 1.807) is 0 Å². The van der Waals surface area contributed by atoms with Gasteiger partial charge in [0, 0.05) is 6.08 Å². The number of carbonyl (C=O) groups is 1. The summed E-state index contributed by atoms with van der Waals surface area (Å²) in [4.78, 5) is 10.5. The predicted octanol–water partition coefficient (Wildman–Crippen LogP) is 2.87. The molecule has 0 N–H and O–H groups in total. The second-order valence-electron chi connectivity index (χ2n) is 2.92. The Morgan fingerprint density at radius 2 is 1.50 bits per heavy atom. The summed E-state index contributed by atoms with van der Waals surface area (Å²) in [5, 5.41) is 0. The van der Waals surface area contributed by atoms with E-state index in [1.165, 1.54) is 0 Å². The van der Waals surface area contributed by atoms with E-state index in [2.05, 4.69) is 16.1 Å². The van der Waals surface area contributed by atoms with Crippen LogP contribution in [-0.2, 0) is 14.3 Å². The number of rotatable bonds is 4. The van der Waals surface area contributed by atoms with Crippen molar-refractivity contribution in [1.29, 1.82) is 0 Å². The molecule has 0 fully saturated rings. The second kappa shape index (κ2) is 5.12. The van der Waals surface area contributed by atoms with E-state index in [9.17, 15) is 35.5 Å². The molecular weight excluding hydrogens is 277 g/mol. The molecule has 0 saturated carbocycles. The van der Waals surface area contributed by atoms with Crippen LogP contribution in [-0.4, -0.2) is 30.5 Å². The lowest BCUT2D eigenvalue weighted by Gasteiger charge is -2.31. The van der Waals surface area contributed by atoms with Crippen LogP contribution in [0.15, 0.2) is 12.7 Å². The number of halogens is 7. The van der Waals surface area contributed by atoms with E-state index in [4.69, 9.17) is 0 Å². The number of esters is 1. The number of ether oxygens (including phenoxy) is 2. The molecule has 0 saturated heterocycles. The third-order valence-corrected chi connectivity index (χ3v) is 1.51. The molecule has 0 bridgehead atoms. The molecule has 0 rings (SSSR count). The largest absolute Gasteiger partial charge is 0.458 e. The molecule has 0 radical (unpaired) electrons.